The van der Waals surface area contributed by atoms with Gasteiger partial charge in [0.2, 0.25) is 0 Å². The average molecular weight is 343 g/mol. The second kappa shape index (κ2) is 7.45. The maximum Gasteiger partial charge on any atom is 0.434 e. The quantitative estimate of drug-likeness (QED) is 0.850. The summed E-state index contributed by atoms with van der Waals surface area (Å²) in [5, 5.41) is 5.79. The van der Waals surface area contributed by atoms with Gasteiger partial charge in [-0.15, -0.1) is 11.3 Å². The lowest BCUT2D eigenvalue weighted by molar-refractivity contribution is -0.140. The van der Waals surface area contributed by atoms with Crippen molar-refractivity contribution in [3.63, 3.8) is 0 Å². The maximum absolute atomic E-state index is 12.4. The lowest BCUT2D eigenvalue weighted by Gasteiger charge is -2.13. The molecule has 0 aliphatic rings. The van der Waals surface area contributed by atoms with Gasteiger partial charge in [0.1, 0.15) is 0 Å². The molecular formula is C15H16F3N3OS. The molecule has 0 saturated heterocycles. The normalized spacial score (nSPS) is 12.7. The molecule has 0 spiro atoms. The first-order valence-electron chi connectivity index (χ1n) is 6.99. The van der Waals surface area contributed by atoms with Crippen LogP contribution in [0.4, 0.5) is 23.1 Å². The van der Waals surface area contributed by atoms with Crippen molar-refractivity contribution in [2.24, 2.45) is 0 Å². The van der Waals surface area contributed by atoms with Crippen molar-refractivity contribution in [2.45, 2.75) is 32.0 Å². The van der Waals surface area contributed by atoms with Crippen LogP contribution < -0.4 is 10.6 Å². The third-order valence-electron chi connectivity index (χ3n) is 3.10. The predicted octanol–water partition coefficient (Wildman–Crippen LogP) is 4.30. The number of rotatable bonds is 5. The van der Waals surface area contributed by atoms with Crippen LogP contribution in [0.2, 0.25) is 0 Å². The molecule has 1 unspecified atom stereocenters. The zero-order valence-electron chi connectivity index (χ0n) is 12.4. The van der Waals surface area contributed by atoms with E-state index in [4.69, 9.17) is 0 Å². The van der Waals surface area contributed by atoms with Gasteiger partial charge >= 0.3 is 12.2 Å². The molecule has 1 atom stereocenters. The van der Waals surface area contributed by atoms with E-state index in [1.165, 1.54) is 0 Å². The molecule has 0 aliphatic carbocycles. The van der Waals surface area contributed by atoms with Crippen LogP contribution in [0.3, 0.4) is 0 Å². The monoisotopic (exact) mass is 343 g/mol. The summed E-state index contributed by atoms with van der Waals surface area (Å²) >= 11 is 0.739. The summed E-state index contributed by atoms with van der Waals surface area (Å²) < 4.78 is 37.3. The Kier molecular flexibility index (Phi) is 5.59. The highest BCUT2D eigenvalue weighted by molar-refractivity contribution is 7.13. The van der Waals surface area contributed by atoms with Crippen LogP contribution in [0.25, 0.3) is 0 Å². The van der Waals surface area contributed by atoms with E-state index in [0.717, 1.165) is 35.1 Å². The van der Waals surface area contributed by atoms with Crippen LogP contribution in [-0.2, 0) is 12.6 Å². The first-order valence-corrected chi connectivity index (χ1v) is 7.86. The highest BCUT2D eigenvalue weighted by Gasteiger charge is 2.33. The number of urea groups is 1. The molecule has 0 aliphatic heterocycles. The van der Waals surface area contributed by atoms with Crippen molar-refractivity contribution >= 4 is 22.5 Å². The Hall–Kier alpha value is -2.09. The van der Waals surface area contributed by atoms with E-state index in [9.17, 15) is 18.0 Å². The van der Waals surface area contributed by atoms with Crippen LogP contribution >= 0.6 is 11.3 Å². The summed E-state index contributed by atoms with van der Waals surface area (Å²) in [5.74, 6) is 0. The molecule has 1 heterocycles. The van der Waals surface area contributed by atoms with Crippen molar-refractivity contribution in [2.75, 3.05) is 5.32 Å². The number of halogens is 3. The van der Waals surface area contributed by atoms with Gasteiger partial charge in [-0.25, -0.2) is 9.78 Å². The Labute approximate surface area is 135 Å². The van der Waals surface area contributed by atoms with Gasteiger partial charge in [-0.1, -0.05) is 30.3 Å². The zero-order chi connectivity index (χ0) is 16.9. The third kappa shape index (κ3) is 5.55. The summed E-state index contributed by atoms with van der Waals surface area (Å²) in [6.45, 7) is 1.84. The van der Waals surface area contributed by atoms with Crippen LogP contribution in [0, 0.1) is 0 Å². The number of carbonyl (C=O) groups is 1. The molecule has 8 heteroatoms. The van der Waals surface area contributed by atoms with Crippen LogP contribution in [0.15, 0.2) is 35.7 Å². The Morgan fingerprint density at radius 3 is 2.61 bits per heavy atom. The molecule has 0 radical (unpaired) electrons. The summed E-state index contributed by atoms with van der Waals surface area (Å²) in [5.41, 5.74) is 0.159. The molecule has 0 saturated carbocycles. The molecule has 124 valence electrons. The SMILES string of the molecule is CC(CCc1ccccc1)NC(=O)Nc1nc(C(F)(F)F)cs1. The van der Waals surface area contributed by atoms with Gasteiger partial charge in [-0.3, -0.25) is 5.32 Å². The number of aromatic nitrogens is 1. The topological polar surface area (TPSA) is 54.0 Å². The van der Waals surface area contributed by atoms with Crippen LogP contribution in [0.5, 0.6) is 0 Å². The Morgan fingerprint density at radius 2 is 2.00 bits per heavy atom. The summed E-state index contributed by atoms with van der Waals surface area (Å²) in [6.07, 6.45) is -2.98. The van der Waals surface area contributed by atoms with E-state index in [2.05, 4.69) is 15.6 Å². The van der Waals surface area contributed by atoms with E-state index in [-0.39, 0.29) is 11.2 Å². The van der Waals surface area contributed by atoms with Gasteiger partial charge in [0.05, 0.1) is 0 Å². The van der Waals surface area contributed by atoms with Crippen molar-refractivity contribution in [1.29, 1.82) is 0 Å². The molecule has 4 nitrogen and oxygen atoms in total. The second-order valence-electron chi connectivity index (χ2n) is 5.06. The number of hydrogen-bond donors (Lipinski definition) is 2. The summed E-state index contributed by atoms with van der Waals surface area (Å²) in [4.78, 5) is 15.1. The van der Waals surface area contributed by atoms with Gasteiger partial charge in [0, 0.05) is 11.4 Å². The number of nitrogens with zero attached hydrogens (tertiary/aromatic N) is 1. The Bertz CT molecular complexity index is 643. The summed E-state index contributed by atoms with van der Waals surface area (Å²) in [7, 11) is 0. The van der Waals surface area contributed by atoms with Gasteiger partial charge in [-0.2, -0.15) is 13.2 Å². The van der Waals surface area contributed by atoms with Crippen molar-refractivity contribution in [3.8, 4) is 0 Å². The number of nitrogens with one attached hydrogen (secondary N) is 2. The first-order chi connectivity index (χ1) is 10.8. The maximum atomic E-state index is 12.4. The molecule has 1 aromatic carbocycles. The average Bonchev–Trinajstić information content (AvgIpc) is 2.94. The van der Waals surface area contributed by atoms with Crippen LogP contribution in [-0.4, -0.2) is 17.1 Å². The molecule has 0 fully saturated rings. The molecule has 0 bridgehead atoms. The molecule has 2 aromatic rings. The molecule has 1 aromatic heterocycles. The number of alkyl halides is 3. The second-order valence-corrected chi connectivity index (χ2v) is 5.92. The lowest BCUT2D eigenvalue weighted by Crippen LogP contribution is -2.36. The van der Waals surface area contributed by atoms with Crippen molar-refractivity contribution in [1.82, 2.24) is 10.3 Å². The highest BCUT2D eigenvalue weighted by atomic mass is 32.1. The van der Waals surface area contributed by atoms with E-state index < -0.39 is 17.9 Å². The smallest absolute Gasteiger partial charge is 0.335 e. The number of amides is 2. The number of anilines is 1. The van der Waals surface area contributed by atoms with Gasteiger partial charge in [0.15, 0.2) is 10.8 Å². The van der Waals surface area contributed by atoms with Gasteiger partial charge in [-0.05, 0) is 25.3 Å². The first kappa shape index (κ1) is 17.3. The molecule has 2 rings (SSSR count). The number of thiazole rings is 1. The van der Waals surface area contributed by atoms with E-state index in [1.807, 2.05) is 37.3 Å². The number of aryl methyl sites for hydroxylation is 1. The van der Waals surface area contributed by atoms with Gasteiger partial charge in [0.25, 0.3) is 0 Å². The minimum Gasteiger partial charge on any atom is -0.335 e. The third-order valence-corrected chi connectivity index (χ3v) is 3.86. The standard InChI is InChI=1S/C15H16F3N3OS/c1-10(7-8-11-5-3-2-4-6-11)19-13(22)21-14-20-12(9-23-14)15(16,17)18/h2-6,9-10H,7-8H2,1H3,(H2,19,20,21,22). The Balaban J connectivity index is 1.79. The number of hydrogen-bond acceptors (Lipinski definition) is 3. The fraction of sp³-hybridized carbons (Fsp3) is 0.333. The molecule has 2 N–H and O–H groups in total. The summed E-state index contributed by atoms with van der Waals surface area (Å²) in [6, 6.07) is 9.15. The van der Waals surface area contributed by atoms with Crippen molar-refractivity contribution in [3.05, 3.63) is 47.0 Å². The predicted molar refractivity (Wildman–Crippen MR) is 83.5 cm³/mol. The Morgan fingerprint density at radius 1 is 1.30 bits per heavy atom. The number of benzene rings is 1. The molecular weight excluding hydrogens is 327 g/mol. The largest absolute Gasteiger partial charge is 0.434 e. The molecule has 2 amide bonds. The minimum absolute atomic E-state index is 0.0786. The molecule has 23 heavy (non-hydrogen) atoms. The van der Waals surface area contributed by atoms with E-state index >= 15 is 0 Å². The number of carbonyl (C=O) groups excluding carboxylic acids is 1. The van der Waals surface area contributed by atoms with E-state index in [1.54, 1.807) is 0 Å². The fourth-order valence-electron chi connectivity index (χ4n) is 1.92. The van der Waals surface area contributed by atoms with E-state index in [0.29, 0.717) is 0 Å². The van der Waals surface area contributed by atoms with Gasteiger partial charge < -0.3 is 5.32 Å². The van der Waals surface area contributed by atoms with Crippen molar-refractivity contribution < 1.29 is 18.0 Å². The fourth-order valence-corrected chi connectivity index (χ4v) is 2.63. The minimum atomic E-state index is -4.50. The lowest BCUT2D eigenvalue weighted by atomic mass is 10.1. The highest BCUT2D eigenvalue weighted by Crippen LogP contribution is 2.31. The zero-order valence-corrected chi connectivity index (χ0v) is 13.2. The van der Waals surface area contributed by atoms with Crippen LogP contribution in [0.1, 0.15) is 24.6 Å².